The molecule has 1 aliphatic rings. The predicted octanol–water partition coefficient (Wildman–Crippen LogP) is 4.43. The molecule has 3 heterocycles. The lowest BCUT2D eigenvalue weighted by molar-refractivity contribution is 0.242. The lowest BCUT2D eigenvalue weighted by Gasteiger charge is -2.28. The minimum Gasteiger partial charge on any atom is -0.493 e. The first-order valence-electron chi connectivity index (χ1n) is 8.70. The lowest BCUT2D eigenvalue weighted by atomic mass is 10.1. The monoisotopic (exact) mass is 401 g/mol. The molecular formula is C20H20ClN3O2S. The van der Waals surface area contributed by atoms with E-state index in [2.05, 4.69) is 16.0 Å². The fourth-order valence-electron chi connectivity index (χ4n) is 3.33. The normalized spacial score (nSPS) is 14.0. The zero-order chi connectivity index (χ0) is 18.8. The second kappa shape index (κ2) is 7.84. The highest BCUT2D eigenvalue weighted by Crippen LogP contribution is 2.38. The van der Waals surface area contributed by atoms with Crippen LogP contribution in [0.4, 0.5) is 0 Å². The van der Waals surface area contributed by atoms with E-state index in [9.17, 15) is 0 Å². The summed E-state index contributed by atoms with van der Waals surface area (Å²) in [4.78, 5) is 12.8. The molecule has 0 fully saturated rings. The van der Waals surface area contributed by atoms with E-state index >= 15 is 0 Å². The molecule has 2 aromatic heterocycles. The predicted molar refractivity (Wildman–Crippen MR) is 108 cm³/mol. The van der Waals surface area contributed by atoms with Crippen LogP contribution in [-0.2, 0) is 19.5 Å². The average Bonchev–Trinajstić information content (AvgIpc) is 3.23. The number of hydrogen-bond donors (Lipinski definition) is 0. The van der Waals surface area contributed by atoms with Crippen LogP contribution in [0.5, 0.6) is 11.5 Å². The lowest BCUT2D eigenvalue weighted by Crippen LogP contribution is -2.31. The molecule has 0 spiro atoms. The molecule has 0 radical (unpaired) electrons. The summed E-state index contributed by atoms with van der Waals surface area (Å²) in [6.07, 6.45) is 2.86. The Hall–Kier alpha value is -2.15. The van der Waals surface area contributed by atoms with E-state index < -0.39 is 0 Å². The Morgan fingerprint density at radius 1 is 1.22 bits per heavy atom. The van der Waals surface area contributed by atoms with Crippen LogP contribution in [0.15, 0.2) is 35.8 Å². The number of nitrogens with zero attached hydrogens (tertiary/aromatic N) is 3. The number of rotatable bonds is 5. The summed E-state index contributed by atoms with van der Waals surface area (Å²) < 4.78 is 10.7. The Morgan fingerprint density at radius 2 is 2.11 bits per heavy atom. The minimum atomic E-state index is 0.581. The summed E-state index contributed by atoms with van der Waals surface area (Å²) in [5.41, 5.74) is 3.34. The molecule has 0 saturated heterocycles. The largest absolute Gasteiger partial charge is 0.493 e. The standard InChI is InChI=1S/C20H20ClN3O2S/c1-25-16-6-5-13(18(21)19(16)26-2)11-24-8-7-15-14(12-24)10-22-20(23-15)17-4-3-9-27-17/h3-6,9-10H,7-8,11-12H2,1-2H3. The molecule has 5 nitrogen and oxygen atoms in total. The van der Waals surface area contributed by atoms with Crippen LogP contribution in [0.3, 0.4) is 0 Å². The number of benzene rings is 1. The van der Waals surface area contributed by atoms with Crippen LogP contribution in [0.1, 0.15) is 16.8 Å². The van der Waals surface area contributed by atoms with Gasteiger partial charge in [0.2, 0.25) is 0 Å². The number of halogens is 1. The first-order chi connectivity index (χ1) is 13.2. The van der Waals surface area contributed by atoms with Crippen LogP contribution in [-0.4, -0.2) is 35.6 Å². The molecular weight excluding hydrogens is 382 g/mol. The minimum absolute atomic E-state index is 0.581. The molecule has 0 N–H and O–H groups in total. The molecule has 0 unspecified atom stereocenters. The van der Waals surface area contributed by atoms with Gasteiger partial charge in [-0.2, -0.15) is 0 Å². The van der Waals surface area contributed by atoms with Crippen molar-refractivity contribution in [1.82, 2.24) is 14.9 Å². The van der Waals surface area contributed by atoms with E-state index in [1.807, 2.05) is 29.8 Å². The highest BCUT2D eigenvalue weighted by molar-refractivity contribution is 7.13. The van der Waals surface area contributed by atoms with Crippen LogP contribution in [0, 0.1) is 0 Å². The molecule has 140 valence electrons. The van der Waals surface area contributed by atoms with Crippen molar-refractivity contribution in [1.29, 1.82) is 0 Å². The van der Waals surface area contributed by atoms with Crippen LogP contribution in [0.25, 0.3) is 10.7 Å². The van der Waals surface area contributed by atoms with Gasteiger partial charge in [-0.25, -0.2) is 9.97 Å². The van der Waals surface area contributed by atoms with E-state index in [1.165, 1.54) is 5.56 Å². The van der Waals surface area contributed by atoms with Gasteiger partial charge in [-0.1, -0.05) is 23.7 Å². The third-order valence-corrected chi connectivity index (χ3v) is 5.99. The average molecular weight is 402 g/mol. The topological polar surface area (TPSA) is 47.5 Å². The van der Waals surface area contributed by atoms with Crippen molar-refractivity contribution >= 4 is 22.9 Å². The molecule has 0 aliphatic carbocycles. The SMILES string of the molecule is COc1ccc(CN2CCc3nc(-c4cccs4)ncc3C2)c(Cl)c1OC. The van der Waals surface area contributed by atoms with Crippen LogP contribution >= 0.6 is 22.9 Å². The molecule has 0 atom stereocenters. The molecule has 1 aliphatic heterocycles. The third kappa shape index (κ3) is 3.65. The molecule has 1 aromatic carbocycles. The van der Waals surface area contributed by atoms with E-state index in [4.69, 9.17) is 26.1 Å². The van der Waals surface area contributed by atoms with Gasteiger partial charge in [0.05, 0.1) is 29.8 Å². The molecule has 3 aromatic rings. The first-order valence-corrected chi connectivity index (χ1v) is 9.95. The number of aromatic nitrogens is 2. The van der Waals surface area contributed by atoms with Crippen LogP contribution < -0.4 is 9.47 Å². The molecule has 4 rings (SSSR count). The Labute approximate surface area is 167 Å². The number of thiophene rings is 1. The van der Waals surface area contributed by atoms with Gasteiger partial charge >= 0.3 is 0 Å². The molecule has 7 heteroatoms. The zero-order valence-corrected chi connectivity index (χ0v) is 16.8. The van der Waals surface area contributed by atoms with E-state index in [0.29, 0.717) is 16.5 Å². The van der Waals surface area contributed by atoms with Gasteiger partial charge in [0, 0.05) is 37.8 Å². The van der Waals surface area contributed by atoms with Gasteiger partial charge in [-0.05, 0) is 23.1 Å². The second-order valence-electron chi connectivity index (χ2n) is 6.38. The fourth-order valence-corrected chi connectivity index (χ4v) is 4.28. The van der Waals surface area contributed by atoms with Gasteiger partial charge < -0.3 is 9.47 Å². The third-order valence-electron chi connectivity index (χ3n) is 4.71. The highest BCUT2D eigenvalue weighted by atomic mass is 35.5. The van der Waals surface area contributed by atoms with E-state index in [1.54, 1.807) is 25.6 Å². The maximum Gasteiger partial charge on any atom is 0.179 e. The molecule has 0 amide bonds. The summed E-state index contributed by atoms with van der Waals surface area (Å²) in [5, 5.41) is 2.65. The Bertz CT molecular complexity index is 947. The van der Waals surface area contributed by atoms with Crippen LogP contribution in [0.2, 0.25) is 5.02 Å². The van der Waals surface area contributed by atoms with Crippen molar-refractivity contribution in [3.8, 4) is 22.2 Å². The fraction of sp³-hybridized carbons (Fsp3) is 0.300. The zero-order valence-electron chi connectivity index (χ0n) is 15.2. The van der Waals surface area contributed by atoms with Crippen molar-refractivity contribution in [2.45, 2.75) is 19.5 Å². The first kappa shape index (κ1) is 18.2. The van der Waals surface area contributed by atoms with Gasteiger partial charge in [0.1, 0.15) is 0 Å². The Balaban J connectivity index is 1.52. The van der Waals surface area contributed by atoms with Gasteiger partial charge in [0.25, 0.3) is 0 Å². The Kier molecular flexibility index (Phi) is 5.29. The van der Waals surface area contributed by atoms with Crippen molar-refractivity contribution in [3.05, 3.63) is 57.7 Å². The van der Waals surface area contributed by atoms with Crippen molar-refractivity contribution in [3.63, 3.8) is 0 Å². The van der Waals surface area contributed by atoms with E-state index in [-0.39, 0.29) is 0 Å². The summed E-state index contributed by atoms with van der Waals surface area (Å²) in [6.45, 7) is 2.48. The number of methoxy groups -OCH3 is 2. The van der Waals surface area contributed by atoms with Crippen molar-refractivity contribution in [2.75, 3.05) is 20.8 Å². The second-order valence-corrected chi connectivity index (χ2v) is 7.70. The number of fused-ring (bicyclic) bond motifs is 1. The molecule has 0 saturated carbocycles. The molecule has 0 bridgehead atoms. The van der Waals surface area contributed by atoms with Gasteiger partial charge in [0.15, 0.2) is 17.3 Å². The number of ether oxygens (including phenoxy) is 2. The summed E-state index contributed by atoms with van der Waals surface area (Å²) >= 11 is 8.20. The Morgan fingerprint density at radius 3 is 2.85 bits per heavy atom. The maximum atomic E-state index is 6.53. The number of hydrogen-bond acceptors (Lipinski definition) is 6. The quantitative estimate of drug-likeness (QED) is 0.632. The maximum absolute atomic E-state index is 6.53. The van der Waals surface area contributed by atoms with Gasteiger partial charge in [-0.15, -0.1) is 11.3 Å². The highest BCUT2D eigenvalue weighted by Gasteiger charge is 2.21. The summed E-state index contributed by atoms with van der Waals surface area (Å²) in [7, 11) is 3.22. The smallest absolute Gasteiger partial charge is 0.179 e. The molecule has 27 heavy (non-hydrogen) atoms. The van der Waals surface area contributed by atoms with Crippen molar-refractivity contribution in [2.24, 2.45) is 0 Å². The van der Waals surface area contributed by atoms with Crippen molar-refractivity contribution < 1.29 is 9.47 Å². The van der Waals surface area contributed by atoms with Gasteiger partial charge in [-0.3, -0.25) is 4.90 Å². The van der Waals surface area contributed by atoms with E-state index in [0.717, 1.165) is 48.0 Å². The summed E-state index contributed by atoms with van der Waals surface area (Å²) in [6, 6.07) is 7.97. The summed E-state index contributed by atoms with van der Waals surface area (Å²) in [5.74, 6) is 2.04.